The molecular weight excluding hydrogens is 585 g/mol. The summed E-state index contributed by atoms with van der Waals surface area (Å²) in [6.45, 7) is 1.30. The van der Waals surface area contributed by atoms with Crippen LogP contribution in [0.3, 0.4) is 0 Å². The molecule has 0 aliphatic carbocycles. The topological polar surface area (TPSA) is 97.8 Å². The summed E-state index contributed by atoms with van der Waals surface area (Å²) in [5, 5.41) is 0.738. The molecule has 8 nitrogen and oxygen atoms in total. The number of sulfonamides is 1. The molecule has 0 radical (unpaired) electrons. The fraction of sp³-hybridized carbons (Fsp3) is 0.200. The first-order chi connectivity index (χ1) is 19.8. The lowest BCUT2D eigenvalue weighted by atomic mass is 10.1. The molecule has 41 heavy (non-hydrogen) atoms. The quantitative estimate of drug-likeness (QED) is 0.212. The van der Waals surface area contributed by atoms with Crippen molar-refractivity contribution in [1.29, 1.82) is 0 Å². The Hall–Kier alpha value is -3.63. The standard InChI is InChI=1S/C30H27Cl2N3O5S/c31-22-7-12-28(34-41(37,38)25-10-8-23(9-11-25)40-29-6-2-1-5-27(29)32)26(18-22)30(36)35(20-24-4-3-17-39-24)19-21-13-15-33-16-14-21/h1-2,5-16,18,24,34H,3-4,17,19-20H2/t24-/m1/s1. The Kier molecular flexibility index (Phi) is 9.09. The SMILES string of the molecule is O=C(c1cc(Cl)ccc1NS(=O)(=O)c1ccc(Oc2ccccc2Cl)cc1)N(Cc1ccncc1)C[C@H]1CCCO1. The van der Waals surface area contributed by atoms with Crippen molar-refractivity contribution in [3.8, 4) is 11.5 Å². The van der Waals surface area contributed by atoms with Crippen molar-refractivity contribution < 1.29 is 22.7 Å². The summed E-state index contributed by atoms with van der Waals surface area (Å²) < 4.78 is 40.9. The molecule has 5 rings (SSSR count). The molecule has 1 fully saturated rings. The van der Waals surface area contributed by atoms with Gasteiger partial charge in [0, 0.05) is 37.1 Å². The molecule has 11 heteroatoms. The number of pyridine rings is 1. The van der Waals surface area contributed by atoms with Crippen molar-refractivity contribution in [3.63, 3.8) is 0 Å². The Morgan fingerprint density at radius 3 is 2.49 bits per heavy atom. The number of benzene rings is 3. The Labute approximate surface area is 248 Å². The van der Waals surface area contributed by atoms with Gasteiger partial charge >= 0.3 is 0 Å². The number of ether oxygens (including phenoxy) is 2. The van der Waals surface area contributed by atoms with E-state index in [0.29, 0.717) is 41.2 Å². The lowest BCUT2D eigenvalue weighted by molar-refractivity contribution is 0.0508. The first-order valence-corrected chi connectivity index (χ1v) is 15.2. The lowest BCUT2D eigenvalue weighted by Gasteiger charge is -2.27. The Bertz CT molecular complexity index is 1610. The van der Waals surface area contributed by atoms with Crippen LogP contribution in [0.5, 0.6) is 11.5 Å². The van der Waals surface area contributed by atoms with Crippen molar-refractivity contribution in [2.45, 2.75) is 30.4 Å². The van der Waals surface area contributed by atoms with Gasteiger partial charge in [-0.05, 0) is 85.1 Å². The normalized spacial score (nSPS) is 14.9. The zero-order valence-corrected chi connectivity index (χ0v) is 24.2. The molecule has 0 unspecified atom stereocenters. The lowest BCUT2D eigenvalue weighted by Crippen LogP contribution is -2.37. The summed E-state index contributed by atoms with van der Waals surface area (Å²) in [6, 6.07) is 21.0. The minimum absolute atomic E-state index is 0.00893. The first kappa shape index (κ1) is 28.9. The zero-order chi connectivity index (χ0) is 28.8. The number of aromatic nitrogens is 1. The van der Waals surface area contributed by atoms with Crippen molar-refractivity contribution >= 4 is 44.8 Å². The van der Waals surface area contributed by atoms with Gasteiger partial charge in [0.15, 0.2) is 0 Å². The highest BCUT2D eigenvalue weighted by Gasteiger charge is 2.27. The van der Waals surface area contributed by atoms with Gasteiger partial charge in [-0.2, -0.15) is 0 Å². The van der Waals surface area contributed by atoms with E-state index in [-0.39, 0.29) is 28.2 Å². The molecule has 0 bridgehead atoms. The second-order valence-electron chi connectivity index (χ2n) is 9.48. The highest BCUT2D eigenvalue weighted by Crippen LogP contribution is 2.31. The number of hydrogen-bond donors (Lipinski definition) is 1. The number of nitrogens with zero attached hydrogens (tertiary/aromatic N) is 2. The van der Waals surface area contributed by atoms with E-state index < -0.39 is 10.0 Å². The molecule has 3 aromatic carbocycles. The maximum absolute atomic E-state index is 13.9. The summed E-state index contributed by atoms with van der Waals surface area (Å²) in [5.74, 6) is 0.493. The summed E-state index contributed by atoms with van der Waals surface area (Å²) in [6.07, 6.45) is 4.98. The Morgan fingerprint density at radius 1 is 1.02 bits per heavy atom. The van der Waals surface area contributed by atoms with E-state index >= 15 is 0 Å². The van der Waals surface area contributed by atoms with Crippen molar-refractivity contribution in [1.82, 2.24) is 9.88 Å². The van der Waals surface area contributed by atoms with E-state index in [1.165, 1.54) is 42.5 Å². The number of nitrogens with one attached hydrogen (secondary N) is 1. The number of carbonyl (C=O) groups is 1. The van der Waals surface area contributed by atoms with Crippen LogP contribution < -0.4 is 9.46 Å². The van der Waals surface area contributed by atoms with Crippen LogP contribution in [0.15, 0.2) is 96.2 Å². The van der Waals surface area contributed by atoms with Crippen LogP contribution in [0.25, 0.3) is 0 Å². The van der Waals surface area contributed by atoms with Gasteiger partial charge in [0.25, 0.3) is 15.9 Å². The van der Waals surface area contributed by atoms with Gasteiger partial charge in [0.1, 0.15) is 11.5 Å². The number of carbonyl (C=O) groups excluding carboxylic acids is 1. The molecule has 212 valence electrons. The molecule has 1 aliphatic heterocycles. The van der Waals surface area contributed by atoms with Gasteiger partial charge in [0.2, 0.25) is 0 Å². The number of amides is 1. The highest BCUT2D eigenvalue weighted by molar-refractivity contribution is 7.92. The van der Waals surface area contributed by atoms with Crippen LogP contribution in [0.4, 0.5) is 5.69 Å². The Balaban J connectivity index is 1.38. The van der Waals surface area contributed by atoms with Crippen LogP contribution in [0.2, 0.25) is 10.0 Å². The summed E-state index contributed by atoms with van der Waals surface area (Å²) >= 11 is 12.4. The van der Waals surface area contributed by atoms with Gasteiger partial charge in [0.05, 0.1) is 27.3 Å². The van der Waals surface area contributed by atoms with E-state index in [4.69, 9.17) is 32.7 Å². The predicted molar refractivity (Wildman–Crippen MR) is 158 cm³/mol. The van der Waals surface area contributed by atoms with Crippen LogP contribution in [0, 0.1) is 0 Å². The number of para-hydroxylation sites is 1. The molecule has 1 atom stereocenters. The van der Waals surface area contributed by atoms with Gasteiger partial charge < -0.3 is 14.4 Å². The first-order valence-electron chi connectivity index (χ1n) is 12.9. The average Bonchev–Trinajstić information content (AvgIpc) is 3.48. The summed E-state index contributed by atoms with van der Waals surface area (Å²) in [7, 11) is -4.07. The second-order valence-corrected chi connectivity index (χ2v) is 12.0. The second kappa shape index (κ2) is 12.9. The fourth-order valence-corrected chi connectivity index (χ4v) is 5.89. The van der Waals surface area contributed by atoms with E-state index in [9.17, 15) is 13.2 Å². The van der Waals surface area contributed by atoms with Gasteiger partial charge in [-0.3, -0.25) is 14.5 Å². The molecule has 1 aliphatic rings. The third kappa shape index (κ3) is 7.37. The molecule has 0 saturated carbocycles. The smallest absolute Gasteiger partial charge is 0.261 e. The van der Waals surface area contributed by atoms with E-state index in [0.717, 1.165) is 18.4 Å². The summed E-state index contributed by atoms with van der Waals surface area (Å²) in [4.78, 5) is 19.6. The zero-order valence-electron chi connectivity index (χ0n) is 21.9. The van der Waals surface area contributed by atoms with Crippen LogP contribution in [-0.4, -0.2) is 43.5 Å². The largest absolute Gasteiger partial charge is 0.456 e. The maximum atomic E-state index is 13.9. The molecule has 1 amide bonds. The van der Waals surface area contributed by atoms with Crippen molar-refractivity contribution in [2.24, 2.45) is 0 Å². The Morgan fingerprint density at radius 2 is 1.78 bits per heavy atom. The maximum Gasteiger partial charge on any atom is 0.261 e. The molecule has 1 N–H and O–H groups in total. The van der Waals surface area contributed by atoms with E-state index in [1.54, 1.807) is 41.6 Å². The van der Waals surface area contributed by atoms with Crippen LogP contribution in [-0.2, 0) is 21.3 Å². The minimum atomic E-state index is -4.07. The fourth-order valence-electron chi connectivity index (χ4n) is 4.46. The molecule has 2 heterocycles. The van der Waals surface area contributed by atoms with Crippen molar-refractivity contribution in [3.05, 3.63) is 112 Å². The van der Waals surface area contributed by atoms with Crippen LogP contribution in [0.1, 0.15) is 28.8 Å². The monoisotopic (exact) mass is 611 g/mol. The number of hydrogen-bond acceptors (Lipinski definition) is 6. The van der Waals surface area contributed by atoms with Crippen molar-refractivity contribution in [2.75, 3.05) is 17.9 Å². The molecule has 1 aromatic heterocycles. The predicted octanol–water partition coefficient (Wildman–Crippen LogP) is 6.80. The molecule has 0 spiro atoms. The number of anilines is 1. The van der Waals surface area contributed by atoms with Gasteiger partial charge in [-0.25, -0.2) is 8.42 Å². The van der Waals surface area contributed by atoms with Gasteiger partial charge in [-0.1, -0.05) is 35.3 Å². The summed E-state index contributed by atoms with van der Waals surface area (Å²) in [5.41, 5.74) is 1.13. The molecule has 1 saturated heterocycles. The number of rotatable bonds is 10. The highest BCUT2D eigenvalue weighted by atomic mass is 35.5. The van der Waals surface area contributed by atoms with E-state index in [1.807, 2.05) is 12.1 Å². The average molecular weight is 613 g/mol. The third-order valence-electron chi connectivity index (χ3n) is 6.51. The van der Waals surface area contributed by atoms with E-state index in [2.05, 4.69) is 9.71 Å². The number of halogens is 2. The third-order valence-corrected chi connectivity index (χ3v) is 8.44. The molecular formula is C30H27Cl2N3O5S. The molecule has 4 aromatic rings. The van der Waals surface area contributed by atoms with Crippen LogP contribution >= 0.6 is 23.2 Å². The minimum Gasteiger partial charge on any atom is -0.456 e. The van der Waals surface area contributed by atoms with Gasteiger partial charge in [-0.15, -0.1) is 0 Å².